The van der Waals surface area contributed by atoms with Gasteiger partial charge < -0.3 is 41.5 Å². The highest BCUT2D eigenvalue weighted by Gasteiger charge is 2.47. The second-order valence-corrected chi connectivity index (χ2v) is 5.19. The molecule has 9 N–H and O–H groups in total. The minimum absolute atomic E-state index is 0.0718. The summed E-state index contributed by atoms with van der Waals surface area (Å²) in [5, 5.41) is 62.2. The predicted octanol–water partition coefficient (Wildman–Crippen LogP) is -3.39. The van der Waals surface area contributed by atoms with Crippen molar-refractivity contribution in [2.75, 3.05) is 0 Å². The normalized spacial score (nSPS) is 38.9. The van der Waals surface area contributed by atoms with Gasteiger partial charge in [0.2, 0.25) is 0 Å². The monoisotopic (exact) mass is 311 g/mol. The summed E-state index contributed by atoms with van der Waals surface area (Å²) in [6.07, 6.45) is -9.03. The van der Waals surface area contributed by atoms with Crippen molar-refractivity contribution < 1.29 is 40.5 Å². The summed E-state index contributed by atoms with van der Waals surface area (Å²) in [5.41, 5.74) is 5.27. The van der Waals surface area contributed by atoms with Crippen molar-refractivity contribution in [3.8, 4) is 0 Å². The fourth-order valence-corrected chi connectivity index (χ4v) is 1.71. The Morgan fingerprint density at radius 2 is 1.14 bits per heavy atom. The van der Waals surface area contributed by atoms with Crippen LogP contribution in [0, 0.1) is 5.92 Å². The van der Waals surface area contributed by atoms with E-state index >= 15 is 0 Å². The van der Waals surface area contributed by atoms with E-state index in [-0.39, 0.29) is 5.92 Å². The van der Waals surface area contributed by atoms with Crippen molar-refractivity contribution in [1.29, 1.82) is 0 Å². The third-order valence-electron chi connectivity index (χ3n) is 3.64. The van der Waals surface area contributed by atoms with Gasteiger partial charge in [0.15, 0.2) is 0 Å². The molecule has 0 aromatic rings. The molecule has 1 rings (SSSR count). The molecule has 1 fully saturated rings. The first-order valence-electron chi connectivity index (χ1n) is 6.62. The van der Waals surface area contributed by atoms with Gasteiger partial charge in [-0.3, -0.25) is 4.79 Å². The second kappa shape index (κ2) is 8.59. The molecular weight excluding hydrogens is 286 g/mol. The van der Waals surface area contributed by atoms with Gasteiger partial charge in [-0.15, -0.1) is 0 Å². The summed E-state index contributed by atoms with van der Waals surface area (Å²) in [6, 6.07) is -0.699. The summed E-state index contributed by atoms with van der Waals surface area (Å²) >= 11 is 0. The minimum atomic E-state index is -1.64. The molecule has 0 aromatic heterocycles. The van der Waals surface area contributed by atoms with Crippen LogP contribution in [0.25, 0.3) is 0 Å². The maximum absolute atomic E-state index is 10.2. The number of aliphatic hydroxyl groups is 6. The Bertz CT molecular complexity index is 270. The summed E-state index contributed by atoms with van der Waals surface area (Å²) < 4.78 is 0. The van der Waals surface area contributed by atoms with Crippen LogP contribution in [-0.2, 0) is 4.79 Å². The maximum atomic E-state index is 10.2. The van der Waals surface area contributed by atoms with Crippen molar-refractivity contribution in [2.45, 2.75) is 62.9 Å². The van der Waals surface area contributed by atoms with E-state index in [1.807, 2.05) is 13.8 Å². The molecule has 2 atom stereocenters. The second-order valence-electron chi connectivity index (χ2n) is 5.19. The number of carboxylic acids is 1. The number of nitrogens with two attached hydrogens (primary N) is 1. The van der Waals surface area contributed by atoms with Gasteiger partial charge in [-0.1, -0.05) is 20.3 Å². The van der Waals surface area contributed by atoms with Gasteiger partial charge in [-0.25, -0.2) is 0 Å². The van der Waals surface area contributed by atoms with Crippen LogP contribution < -0.4 is 5.73 Å². The third-order valence-corrected chi connectivity index (χ3v) is 3.64. The maximum Gasteiger partial charge on any atom is 0.320 e. The number of aliphatic hydroxyl groups excluding tert-OH is 6. The molecule has 0 saturated heterocycles. The van der Waals surface area contributed by atoms with E-state index in [1.54, 1.807) is 0 Å². The molecule has 9 nitrogen and oxygen atoms in total. The van der Waals surface area contributed by atoms with E-state index in [1.165, 1.54) is 0 Å². The first kappa shape index (κ1) is 20.2. The molecule has 21 heavy (non-hydrogen) atoms. The van der Waals surface area contributed by atoms with Gasteiger partial charge in [0.1, 0.15) is 42.7 Å². The highest BCUT2D eigenvalue weighted by atomic mass is 16.4. The van der Waals surface area contributed by atoms with Crippen molar-refractivity contribution in [2.24, 2.45) is 11.7 Å². The number of hydrogen-bond acceptors (Lipinski definition) is 8. The Balaban J connectivity index is 0.000000400. The lowest BCUT2D eigenvalue weighted by Gasteiger charge is -2.39. The molecule has 2 unspecified atom stereocenters. The van der Waals surface area contributed by atoms with Crippen LogP contribution in [0.3, 0.4) is 0 Å². The van der Waals surface area contributed by atoms with E-state index in [4.69, 9.17) is 41.5 Å². The average molecular weight is 311 g/mol. The van der Waals surface area contributed by atoms with Gasteiger partial charge in [0, 0.05) is 0 Å². The molecule has 9 heteroatoms. The van der Waals surface area contributed by atoms with E-state index in [0.29, 0.717) is 0 Å². The highest BCUT2D eigenvalue weighted by molar-refractivity contribution is 5.73. The van der Waals surface area contributed by atoms with Crippen molar-refractivity contribution >= 4 is 5.97 Å². The standard InChI is InChI=1S/C6H13NO2.C6H12O6/c1-3-4(2)5(7)6(8)9;7-1-2(8)4(10)6(12)5(11)3(1)9/h4-5H,3,7H2,1-2H3,(H,8,9);1-12H/t;1-,2-,3-,4+,5-,6-. The molecule has 1 saturated carbocycles. The van der Waals surface area contributed by atoms with Crippen LogP contribution in [0.15, 0.2) is 0 Å². The number of carboxylic acid groups (broad SMARTS) is 1. The fraction of sp³-hybridized carbons (Fsp3) is 0.917. The zero-order valence-electron chi connectivity index (χ0n) is 11.9. The number of aliphatic carboxylic acids is 1. The van der Waals surface area contributed by atoms with Gasteiger partial charge in [0.05, 0.1) is 0 Å². The molecule has 0 bridgehead atoms. The van der Waals surface area contributed by atoms with E-state index in [9.17, 15) is 4.79 Å². The van der Waals surface area contributed by atoms with E-state index in [0.717, 1.165) is 6.42 Å². The van der Waals surface area contributed by atoms with Crippen LogP contribution in [0.5, 0.6) is 0 Å². The smallest absolute Gasteiger partial charge is 0.320 e. The van der Waals surface area contributed by atoms with Crippen LogP contribution in [0.4, 0.5) is 0 Å². The Morgan fingerprint density at radius 1 is 0.905 bits per heavy atom. The summed E-state index contributed by atoms with van der Waals surface area (Å²) in [4.78, 5) is 10.2. The van der Waals surface area contributed by atoms with E-state index < -0.39 is 48.6 Å². The summed E-state index contributed by atoms with van der Waals surface area (Å²) in [6.45, 7) is 3.76. The first-order chi connectivity index (χ1) is 9.56. The van der Waals surface area contributed by atoms with Crippen molar-refractivity contribution in [3.63, 3.8) is 0 Å². The highest BCUT2D eigenvalue weighted by Crippen LogP contribution is 2.20. The topological polar surface area (TPSA) is 185 Å². The number of carbonyl (C=O) groups is 1. The molecule has 0 aliphatic heterocycles. The molecule has 0 radical (unpaired) electrons. The van der Waals surface area contributed by atoms with Gasteiger partial charge in [-0.2, -0.15) is 0 Å². The van der Waals surface area contributed by atoms with Crippen LogP contribution in [0.2, 0.25) is 0 Å². The SMILES string of the molecule is CCC(C)C(N)C(=O)O.O[C@H]1[C@H](O)[C@@H](O)[C@H](O)[C@@H](O)[C@H]1O. The molecule has 0 aromatic carbocycles. The Morgan fingerprint density at radius 3 is 1.24 bits per heavy atom. The lowest BCUT2D eigenvalue weighted by Crippen LogP contribution is -2.63. The Kier molecular flexibility index (Phi) is 8.26. The molecule has 0 amide bonds. The molecule has 0 heterocycles. The quantitative estimate of drug-likeness (QED) is 0.263. The molecule has 1 aliphatic carbocycles. The first-order valence-corrected chi connectivity index (χ1v) is 6.62. The molecule has 1 aliphatic rings. The summed E-state index contributed by atoms with van der Waals surface area (Å²) in [5.74, 6) is -0.841. The zero-order valence-corrected chi connectivity index (χ0v) is 11.9. The lowest BCUT2D eigenvalue weighted by atomic mass is 9.85. The zero-order chi connectivity index (χ0) is 16.9. The predicted molar refractivity (Wildman–Crippen MR) is 71.1 cm³/mol. The number of hydrogen-bond donors (Lipinski definition) is 8. The minimum Gasteiger partial charge on any atom is -0.480 e. The Hall–Kier alpha value is -0.810. The van der Waals surface area contributed by atoms with Crippen LogP contribution in [0.1, 0.15) is 20.3 Å². The van der Waals surface area contributed by atoms with Gasteiger partial charge in [0.25, 0.3) is 0 Å². The van der Waals surface area contributed by atoms with Crippen molar-refractivity contribution in [1.82, 2.24) is 0 Å². The lowest BCUT2D eigenvalue weighted by molar-refractivity contribution is -0.223. The molecule has 126 valence electrons. The number of rotatable bonds is 3. The van der Waals surface area contributed by atoms with Crippen LogP contribution >= 0.6 is 0 Å². The fourth-order valence-electron chi connectivity index (χ4n) is 1.71. The average Bonchev–Trinajstić information content (AvgIpc) is 2.47. The van der Waals surface area contributed by atoms with Crippen molar-refractivity contribution in [3.05, 3.63) is 0 Å². The van der Waals surface area contributed by atoms with Crippen LogP contribution in [-0.4, -0.2) is 84.4 Å². The van der Waals surface area contributed by atoms with Gasteiger partial charge >= 0.3 is 5.97 Å². The Labute approximate surface area is 122 Å². The van der Waals surface area contributed by atoms with Gasteiger partial charge in [-0.05, 0) is 5.92 Å². The largest absolute Gasteiger partial charge is 0.480 e. The summed E-state index contributed by atoms with van der Waals surface area (Å²) in [7, 11) is 0. The molecule has 0 spiro atoms. The van der Waals surface area contributed by atoms with E-state index in [2.05, 4.69) is 0 Å². The molecular formula is C12H25NO8. The third kappa shape index (κ3) is 5.15.